The van der Waals surface area contributed by atoms with E-state index in [1.54, 1.807) is 0 Å². The van der Waals surface area contributed by atoms with Crippen LogP contribution in [0.4, 0.5) is 4.79 Å². The third kappa shape index (κ3) is 4.50. The molecule has 1 N–H and O–H groups in total. The molecule has 1 unspecified atom stereocenters. The fourth-order valence-electron chi connectivity index (χ4n) is 1.67. The van der Waals surface area contributed by atoms with Crippen molar-refractivity contribution in [2.45, 2.75) is 39.8 Å². The lowest BCUT2D eigenvalue weighted by atomic mass is 10.4. The number of amides is 1. The lowest BCUT2D eigenvalue weighted by Crippen LogP contribution is -2.51. The van der Waals surface area contributed by atoms with Gasteiger partial charge in [0.1, 0.15) is 0 Å². The maximum Gasteiger partial charge on any atom is 0.407 e. The van der Waals surface area contributed by atoms with Gasteiger partial charge in [-0.1, -0.05) is 6.92 Å². The number of hydrogen-bond donors (Lipinski definition) is 1. The summed E-state index contributed by atoms with van der Waals surface area (Å²) < 4.78 is 11.2. The Morgan fingerprint density at radius 1 is 1.25 bits per heavy atom. The lowest BCUT2D eigenvalue weighted by molar-refractivity contribution is 0.119. The molecule has 0 saturated carbocycles. The molecular formula is C10H23NO4Si. The Balaban J connectivity index is 4.66. The minimum Gasteiger partial charge on any atom is -0.465 e. The van der Waals surface area contributed by atoms with E-state index in [-0.39, 0.29) is 5.67 Å². The minimum atomic E-state index is -1.94. The summed E-state index contributed by atoms with van der Waals surface area (Å²) in [6, 6.07) is 0. The van der Waals surface area contributed by atoms with Crippen LogP contribution in [0.2, 0.25) is 0 Å². The van der Waals surface area contributed by atoms with Crippen molar-refractivity contribution in [1.82, 2.24) is 4.90 Å². The van der Waals surface area contributed by atoms with Crippen molar-refractivity contribution in [3.63, 3.8) is 0 Å². The van der Waals surface area contributed by atoms with Gasteiger partial charge in [0.05, 0.1) is 5.67 Å². The second kappa shape index (κ2) is 8.55. The molecular weight excluding hydrogens is 226 g/mol. The van der Waals surface area contributed by atoms with E-state index in [4.69, 9.17) is 14.0 Å². The fraction of sp³-hybridized carbons (Fsp3) is 0.900. The average molecular weight is 249 g/mol. The first-order valence-corrected chi connectivity index (χ1v) is 7.45. The molecule has 5 nitrogen and oxygen atoms in total. The van der Waals surface area contributed by atoms with Crippen molar-refractivity contribution in [2.75, 3.05) is 19.8 Å². The van der Waals surface area contributed by atoms with Gasteiger partial charge in [0.2, 0.25) is 0 Å². The maximum atomic E-state index is 11.1. The highest BCUT2D eigenvalue weighted by Gasteiger charge is 2.32. The summed E-state index contributed by atoms with van der Waals surface area (Å²) >= 11 is 0. The number of carboxylic acid groups (broad SMARTS) is 1. The quantitative estimate of drug-likeness (QED) is 0.664. The normalized spacial score (nSPS) is 12.8. The zero-order valence-corrected chi connectivity index (χ0v) is 11.8. The van der Waals surface area contributed by atoms with Gasteiger partial charge in [0, 0.05) is 19.8 Å². The Morgan fingerprint density at radius 3 is 2.00 bits per heavy atom. The topological polar surface area (TPSA) is 59.0 Å². The highest BCUT2D eigenvalue weighted by Crippen LogP contribution is 2.11. The molecule has 1 atom stereocenters. The van der Waals surface area contributed by atoms with Gasteiger partial charge >= 0.3 is 15.4 Å². The Labute approximate surface area is 99.2 Å². The summed E-state index contributed by atoms with van der Waals surface area (Å²) in [5.41, 5.74) is -0.109. The summed E-state index contributed by atoms with van der Waals surface area (Å²) in [7, 11) is -1.94. The Kier molecular flexibility index (Phi) is 8.23. The Bertz CT molecular complexity index is 197. The summed E-state index contributed by atoms with van der Waals surface area (Å²) in [4.78, 5) is 12.5. The SMILES string of the molecule is CCO[SiH](OCC)C(CC)N(CC)C(=O)O. The average Bonchev–Trinajstić information content (AvgIpc) is 2.25. The summed E-state index contributed by atoms with van der Waals surface area (Å²) in [6.07, 6.45) is -0.164. The first kappa shape index (κ1) is 15.4. The van der Waals surface area contributed by atoms with E-state index in [1.807, 2.05) is 27.7 Å². The van der Waals surface area contributed by atoms with Crippen LogP contribution in [0.5, 0.6) is 0 Å². The van der Waals surface area contributed by atoms with Crippen LogP contribution in [0.3, 0.4) is 0 Å². The van der Waals surface area contributed by atoms with Gasteiger partial charge in [-0.05, 0) is 27.2 Å². The van der Waals surface area contributed by atoms with Crippen LogP contribution < -0.4 is 0 Å². The van der Waals surface area contributed by atoms with E-state index in [0.717, 1.165) is 6.42 Å². The van der Waals surface area contributed by atoms with Crippen LogP contribution in [0.25, 0.3) is 0 Å². The first-order chi connectivity index (χ1) is 7.62. The summed E-state index contributed by atoms with van der Waals surface area (Å²) in [5, 5.41) is 9.10. The molecule has 0 radical (unpaired) electrons. The molecule has 0 aliphatic heterocycles. The molecule has 16 heavy (non-hydrogen) atoms. The van der Waals surface area contributed by atoms with E-state index in [1.165, 1.54) is 4.90 Å². The van der Waals surface area contributed by atoms with E-state index in [2.05, 4.69) is 0 Å². The van der Waals surface area contributed by atoms with Gasteiger partial charge in [-0.2, -0.15) is 0 Å². The summed E-state index contributed by atoms with van der Waals surface area (Å²) in [5.74, 6) is 0. The summed E-state index contributed by atoms with van der Waals surface area (Å²) in [6.45, 7) is 9.23. The predicted molar refractivity (Wildman–Crippen MR) is 64.9 cm³/mol. The van der Waals surface area contributed by atoms with E-state index < -0.39 is 15.4 Å². The molecule has 0 aromatic carbocycles. The standard InChI is InChI=1S/C10H23NO4Si/c1-5-9(11(6-2)10(12)13)16(14-7-3)15-8-4/h9,16H,5-8H2,1-4H3,(H,12,13). The molecule has 1 amide bonds. The minimum absolute atomic E-state index is 0.109. The van der Waals surface area contributed by atoms with Crippen molar-refractivity contribution in [3.8, 4) is 0 Å². The van der Waals surface area contributed by atoms with Gasteiger partial charge in [0.15, 0.2) is 0 Å². The van der Waals surface area contributed by atoms with Crippen LogP contribution in [-0.2, 0) is 8.85 Å². The maximum absolute atomic E-state index is 11.1. The molecule has 0 spiro atoms. The van der Waals surface area contributed by atoms with Crippen LogP contribution in [0.1, 0.15) is 34.1 Å². The monoisotopic (exact) mass is 249 g/mol. The van der Waals surface area contributed by atoms with Crippen LogP contribution in [0, 0.1) is 0 Å². The number of hydrogen-bond acceptors (Lipinski definition) is 3. The van der Waals surface area contributed by atoms with Crippen molar-refractivity contribution >= 4 is 15.4 Å². The smallest absolute Gasteiger partial charge is 0.407 e. The third-order valence-corrected chi connectivity index (χ3v) is 5.16. The van der Waals surface area contributed by atoms with Crippen LogP contribution in [-0.4, -0.2) is 50.8 Å². The van der Waals surface area contributed by atoms with Crippen LogP contribution in [0.15, 0.2) is 0 Å². The molecule has 0 aliphatic rings. The van der Waals surface area contributed by atoms with Gasteiger partial charge in [-0.15, -0.1) is 0 Å². The van der Waals surface area contributed by atoms with Gasteiger partial charge in [-0.25, -0.2) is 4.79 Å². The molecule has 0 rings (SSSR count). The zero-order chi connectivity index (χ0) is 12.6. The van der Waals surface area contributed by atoms with E-state index in [0.29, 0.717) is 19.8 Å². The van der Waals surface area contributed by atoms with Gasteiger partial charge in [-0.3, -0.25) is 0 Å². The molecule has 0 bridgehead atoms. The molecule has 0 heterocycles. The predicted octanol–water partition coefficient (Wildman–Crippen LogP) is 1.60. The van der Waals surface area contributed by atoms with Gasteiger partial charge < -0.3 is 18.9 Å². The van der Waals surface area contributed by atoms with Crippen molar-refractivity contribution in [2.24, 2.45) is 0 Å². The second-order valence-electron chi connectivity index (χ2n) is 3.32. The molecule has 0 fully saturated rings. The van der Waals surface area contributed by atoms with E-state index in [9.17, 15) is 4.79 Å². The number of carbonyl (C=O) groups is 1. The molecule has 0 aromatic rings. The zero-order valence-electron chi connectivity index (χ0n) is 10.6. The van der Waals surface area contributed by atoms with Crippen LogP contribution >= 0.6 is 0 Å². The largest absolute Gasteiger partial charge is 0.465 e. The van der Waals surface area contributed by atoms with Gasteiger partial charge in [0.25, 0.3) is 0 Å². The van der Waals surface area contributed by atoms with Crippen molar-refractivity contribution in [1.29, 1.82) is 0 Å². The second-order valence-corrected chi connectivity index (χ2v) is 5.50. The van der Waals surface area contributed by atoms with Crippen molar-refractivity contribution in [3.05, 3.63) is 0 Å². The third-order valence-electron chi connectivity index (χ3n) is 2.38. The molecule has 0 aromatic heterocycles. The van der Waals surface area contributed by atoms with Crippen molar-refractivity contribution < 1.29 is 18.8 Å². The molecule has 0 aliphatic carbocycles. The molecule has 96 valence electrons. The lowest BCUT2D eigenvalue weighted by Gasteiger charge is -2.31. The number of rotatable bonds is 8. The molecule has 6 heteroatoms. The van der Waals surface area contributed by atoms with E-state index >= 15 is 0 Å². The fourth-order valence-corrected chi connectivity index (χ4v) is 3.88. The highest BCUT2D eigenvalue weighted by atomic mass is 28.3. The Morgan fingerprint density at radius 2 is 1.75 bits per heavy atom. The Hall–Kier alpha value is -0.593. The molecule has 0 saturated heterocycles. The first-order valence-electron chi connectivity index (χ1n) is 5.84. The number of nitrogens with zero attached hydrogens (tertiary/aromatic N) is 1. The highest BCUT2D eigenvalue weighted by molar-refractivity contribution is 6.46.